The second-order valence-corrected chi connectivity index (χ2v) is 5.04. The van der Waals surface area contributed by atoms with Crippen molar-refractivity contribution in [3.63, 3.8) is 0 Å². The molecule has 0 atom stereocenters. The van der Waals surface area contributed by atoms with E-state index in [4.69, 9.17) is 0 Å². The van der Waals surface area contributed by atoms with Gasteiger partial charge in [-0.15, -0.1) is 0 Å². The Hall–Kier alpha value is -1.42. The summed E-state index contributed by atoms with van der Waals surface area (Å²) in [6.45, 7) is 3.78. The van der Waals surface area contributed by atoms with Crippen LogP contribution in [-0.4, -0.2) is 43.4 Å². The molecule has 1 saturated carbocycles. The van der Waals surface area contributed by atoms with Gasteiger partial charge in [0.2, 0.25) is 0 Å². The number of hydrogen-bond donors (Lipinski definition) is 0. The number of carbonyl (C=O) groups is 1. The number of piperazine rings is 1. The van der Waals surface area contributed by atoms with Gasteiger partial charge in [0.15, 0.2) is 6.29 Å². The molecule has 96 valence electrons. The molecular formula is C14H17FN2O. The molecular weight excluding hydrogens is 231 g/mol. The Morgan fingerprint density at radius 1 is 1.17 bits per heavy atom. The molecule has 0 radical (unpaired) electrons. The Morgan fingerprint density at radius 2 is 1.89 bits per heavy atom. The summed E-state index contributed by atoms with van der Waals surface area (Å²) in [7, 11) is 0. The lowest BCUT2D eigenvalue weighted by atomic mass is 10.1. The van der Waals surface area contributed by atoms with Crippen LogP contribution in [0.2, 0.25) is 0 Å². The maximum Gasteiger partial charge on any atom is 0.155 e. The lowest BCUT2D eigenvalue weighted by Gasteiger charge is -2.36. The first kappa shape index (κ1) is 11.7. The summed E-state index contributed by atoms with van der Waals surface area (Å²) in [5.41, 5.74) is 0.929. The standard InChI is InChI=1S/C14H17FN2O/c15-13-2-1-3-14(12(13)10-18)17-8-6-16(7-9-17)11-4-5-11/h1-3,10-11H,4-9H2. The molecule has 0 amide bonds. The Morgan fingerprint density at radius 3 is 2.50 bits per heavy atom. The van der Waals surface area contributed by atoms with Crippen molar-refractivity contribution in [3.8, 4) is 0 Å². The van der Waals surface area contributed by atoms with Crippen LogP contribution in [0.1, 0.15) is 23.2 Å². The number of anilines is 1. The minimum atomic E-state index is -0.424. The van der Waals surface area contributed by atoms with Gasteiger partial charge in [-0.2, -0.15) is 0 Å². The van der Waals surface area contributed by atoms with Crippen LogP contribution in [0.4, 0.5) is 10.1 Å². The quantitative estimate of drug-likeness (QED) is 0.764. The van der Waals surface area contributed by atoms with Gasteiger partial charge in [-0.1, -0.05) is 6.07 Å². The lowest BCUT2D eigenvalue weighted by molar-refractivity contribution is 0.112. The van der Waals surface area contributed by atoms with Crippen LogP contribution in [-0.2, 0) is 0 Å². The fourth-order valence-corrected chi connectivity index (χ4v) is 2.69. The largest absolute Gasteiger partial charge is 0.368 e. The SMILES string of the molecule is O=Cc1c(F)cccc1N1CCN(C2CC2)CC1. The molecule has 1 aromatic carbocycles. The molecule has 0 spiro atoms. The summed E-state index contributed by atoms with van der Waals surface area (Å²) in [6, 6.07) is 5.63. The minimum absolute atomic E-state index is 0.192. The summed E-state index contributed by atoms with van der Waals surface area (Å²) in [5, 5.41) is 0. The van der Waals surface area contributed by atoms with Crippen LogP contribution in [0.3, 0.4) is 0 Å². The molecule has 0 bridgehead atoms. The van der Waals surface area contributed by atoms with E-state index in [0.29, 0.717) is 6.29 Å². The molecule has 1 aliphatic carbocycles. The van der Waals surface area contributed by atoms with Gasteiger partial charge in [-0.3, -0.25) is 9.69 Å². The van der Waals surface area contributed by atoms with Crippen LogP contribution >= 0.6 is 0 Å². The third kappa shape index (κ3) is 2.12. The first-order chi connectivity index (χ1) is 8.79. The van der Waals surface area contributed by atoms with E-state index in [2.05, 4.69) is 9.80 Å². The number of hydrogen-bond acceptors (Lipinski definition) is 3. The molecule has 3 rings (SSSR count). The zero-order chi connectivity index (χ0) is 12.5. The maximum absolute atomic E-state index is 13.6. The third-order valence-electron chi connectivity index (χ3n) is 3.87. The number of halogens is 1. The van der Waals surface area contributed by atoms with Crippen LogP contribution in [0.5, 0.6) is 0 Å². The van der Waals surface area contributed by atoms with Crippen molar-refractivity contribution in [3.05, 3.63) is 29.6 Å². The van der Waals surface area contributed by atoms with E-state index >= 15 is 0 Å². The third-order valence-corrected chi connectivity index (χ3v) is 3.87. The molecule has 1 aliphatic heterocycles. The van der Waals surface area contributed by atoms with E-state index in [-0.39, 0.29) is 5.56 Å². The number of nitrogens with zero attached hydrogens (tertiary/aromatic N) is 2. The zero-order valence-electron chi connectivity index (χ0n) is 10.3. The monoisotopic (exact) mass is 248 g/mol. The average molecular weight is 248 g/mol. The number of rotatable bonds is 3. The van der Waals surface area contributed by atoms with Crippen LogP contribution < -0.4 is 4.90 Å². The van der Waals surface area contributed by atoms with Crippen LogP contribution in [0.25, 0.3) is 0 Å². The number of benzene rings is 1. The van der Waals surface area contributed by atoms with Crippen molar-refractivity contribution in [2.45, 2.75) is 18.9 Å². The van der Waals surface area contributed by atoms with Crippen molar-refractivity contribution in [2.75, 3.05) is 31.1 Å². The molecule has 2 aliphatic rings. The Kier molecular flexibility index (Phi) is 3.04. The van der Waals surface area contributed by atoms with Gasteiger partial charge >= 0.3 is 0 Å². The molecule has 0 unspecified atom stereocenters. The summed E-state index contributed by atoms with van der Waals surface area (Å²) in [6.07, 6.45) is 3.26. The fraction of sp³-hybridized carbons (Fsp3) is 0.500. The Balaban J connectivity index is 1.75. The lowest BCUT2D eigenvalue weighted by Crippen LogP contribution is -2.47. The molecule has 2 fully saturated rings. The predicted molar refractivity (Wildman–Crippen MR) is 68.6 cm³/mol. The van der Waals surface area contributed by atoms with E-state index < -0.39 is 5.82 Å². The van der Waals surface area contributed by atoms with Crippen molar-refractivity contribution in [2.24, 2.45) is 0 Å². The van der Waals surface area contributed by atoms with Crippen LogP contribution in [0.15, 0.2) is 18.2 Å². The fourth-order valence-electron chi connectivity index (χ4n) is 2.69. The van der Waals surface area contributed by atoms with Gasteiger partial charge in [-0.25, -0.2) is 4.39 Å². The highest BCUT2D eigenvalue weighted by molar-refractivity contribution is 5.85. The molecule has 1 aromatic rings. The van der Waals surface area contributed by atoms with Gasteiger partial charge in [0.05, 0.1) is 11.3 Å². The summed E-state index contributed by atoms with van der Waals surface area (Å²) in [4.78, 5) is 15.6. The van der Waals surface area contributed by atoms with Crippen molar-refractivity contribution >= 4 is 12.0 Å². The summed E-state index contributed by atoms with van der Waals surface area (Å²) < 4.78 is 13.6. The molecule has 18 heavy (non-hydrogen) atoms. The van der Waals surface area contributed by atoms with Gasteiger partial charge < -0.3 is 4.90 Å². The van der Waals surface area contributed by atoms with Gasteiger partial charge in [0.25, 0.3) is 0 Å². The second-order valence-electron chi connectivity index (χ2n) is 5.04. The molecule has 3 nitrogen and oxygen atoms in total. The highest BCUT2D eigenvalue weighted by Crippen LogP contribution is 2.29. The van der Waals surface area contributed by atoms with Gasteiger partial charge in [0, 0.05) is 32.2 Å². The molecule has 1 heterocycles. The van der Waals surface area contributed by atoms with E-state index in [1.165, 1.54) is 18.9 Å². The highest BCUT2D eigenvalue weighted by atomic mass is 19.1. The predicted octanol–water partition coefficient (Wildman–Crippen LogP) is 1.92. The van der Waals surface area contributed by atoms with Crippen molar-refractivity contribution in [1.82, 2.24) is 4.90 Å². The number of aldehydes is 1. The average Bonchev–Trinajstić information content (AvgIpc) is 3.23. The molecule has 1 saturated heterocycles. The van der Waals surface area contributed by atoms with Crippen molar-refractivity contribution < 1.29 is 9.18 Å². The van der Waals surface area contributed by atoms with E-state index in [1.807, 2.05) is 6.07 Å². The molecule has 0 N–H and O–H groups in total. The van der Waals surface area contributed by atoms with Crippen molar-refractivity contribution in [1.29, 1.82) is 0 Å². The molecule has 4 heteroatoms. The minimum Gasteiger partial charge on any atom is -0.368 e. The smallest absolute Gasteiger partial charge is 0.155 e. The van der Waals surface area contributed by atoms with Crippen LogP contribution in [0, 0.1) is 5.82 Å². The first-order valence-electron chi connectivity index (χ1n) is 6.52. The Labute approximate surface area is 106 Å². The molecule has 0 aromatic heterocycles. The highest BCUT2D eigenvalue weighted by Gasteiger charge is 2.31. The van der Waals surface area contributed by atoms with E-state index in [9.17, 15) is 9.18 Å². The maximum atomic E-state index is 13.6. The second kappa shape index (κ2) is 4.69. The zero-order valence-corrected chi connectivity index (χ0v) is 10.3. The normalized spacial score (nSPS) is 21.1. The van der Waals surface area contributed by atoms with Gasteiger partial charge in [0.1, 0.15) is 5.82 Å². The Bertz CT molecular complexity index is 451. The number of carbonyl (C=O) groups excluding carboxylic acids is 1. The summed E-state index contributed by atoms with van der Waals surface area (Å²) >= 11 is 0. The van der Waals surface area contributed by atoms with E-state index in [1.54, 1.807) is 6.07 Å². The van der Waals surface area contributed by atoms with Gasteiger partial charge in [-0.05, 0) is 25.0 Å². The van der Waals surface area contributed by atoms with E-state index in [0.717, 1.165) is 37.9 Å². The first-order valence-corrected chi connectivity index (χ1v) is 6.52. The summed E-state index contributed by atoms with van der Waals surface area (Å²) in [5.74, 6) is -0.424. The topological polar surface area (TPSA) is 23.6 Å².